The molecular weight excluding hydrogens is 262 g/mol. The van der Waals surface area contributed by atoms with Crippen LogP contribution < -0.4 is 14.8 Å². The molecule has 3 heteroatoms. The minimum absolute atomic E-state index is 0.366. The number of hydrogen-bond donors (Lipinski definition) is 1. The van der Waals surface area contributed by atoms with Gasteiger partial charge in [-0.15, -0.1) is 0 Å². The number of benzene rings is 2. The fraction of sp³-hybridized carbons (Fsp3) is 0.333. The Morgan fingerprint density at radius 3 is 2.14 bits per heavy atom. The summed E-state index contributed by atoms with van der Waals surface area (Å²) < 4.78 is 10.9. The van der Waals surface area contributed by atoms with E-state index < -0.39 is 0 Å². The van der Waals surface area contributed by atoms with Crippen LogP contribution in [-0.2, 0) is 6.61 Å². The van der Waals surface area contributed by atoms with Gasteiger partial charge in [0.2, 0.25) is 0 Å². The number of rotatable bonds is 7. The molecule has 2 aromatic carbocycles. The number of nitrogens with one attached hydrogen (secondary N) is 1. The lowest BCUT2D eigenvalue weighted by atomic mass is 10.1. The third kappa shape index (κ3) is 4.50. The van der Waals surface area contributed by atoms with Crippen molar-refractivity contribution in [2.45, 2.75) is 26.5 Å². The van der Waals surface area contributed by atoms with Gasteiger partial charge in [0, 0.05) is 6.04 Å². The van der Waals surface area contributed by atoms with E-state index in [-0.39, 0.29) is 0 Å². The second kappa shape index (κ2) is 7.70. The summed E-state index contributed by atoms with van der Waals surface area (Å²) in [6.07, 6.45) is 0. The molecule has 0 spiro atoms. The van der Waals surface area contributed by atoms with Crippen LogP contribution in [0.2, 0.25) is 0 Å². The lowest BCUT2D eigenvalue weighted by Crippen LogP contribution is -2.17. The fourth-order valence-corrected chi connectivity index (χ4v) is 2.17. The minimum atomic E-state index is 0.366. The summed E-state index contributed by atoms with van der Waals surface area (Å²) in [4.78, 5) is 0. The number of hydrogen-bond acceptors (Lipinski definition) is 3. The molecule has 0 amide bonds. The quantitative estimate of drug-likeness (QED) is 0.835. The van der Waals surface area contributed by atoms with Crippen LogP contribution in [0, 0.1) is 0 Å². The Balaban J connectivity index is 1.90. The van der Waals surface area contributed by atoms with Gasteiger partial charge in [-0.1, -0.05) is 31.2 Å². The van der Waals surface area contributed by atoms with Crippen LogP contribution in [0.3, 0.4) is 0 Å². The van der Waals surface area contributed by atoms with Crippen LogP contribution >= 0.6 is 0 Å². The van der Waals surface area contributed by atoms with Crippen LogP contribution in [0.4, 0.5) is 0 Å². The predicted octanol–water partition coefficient (Wildman–Crippen LogP) is 3.94. The minimum Gasteiger partial charge on any atom is -0.497 e. The largest absolute Gasteiger partial charge is 0.497 e. The van der Waals surface area contributed by atoms with Gasteiger partial charge in [0.1, 0.15) is 18.1 Å². The summed E-state index contributed by atoms with van der Waals surface area (Å²) >= 11 is 0. The maximum Gasteiger partial charge on any atom is 0.119 e. The molecule has 2 aromatic rings. The van der Waals surface area contributed by atoms with Gasteiger partial charge in [0.05, 0.1) is 7.11 Å². The summed E-state index contributed by atoms with van der Waals surface area (Å²) in [6.45, 7) is 5.81. The highest BCUT2D eigenvalue weighted by atomic mass is 16.5. The summed E-state index contributed by atoms with van der Waals surface area (Å²) in [6, 6.07) is 16.5. The second-order valence-electron chi connectivity index (χ2n) is 4.99. The summed E-state index contributed by atoms with van der Waals surface area (Å²) in [7, 11) is 1.67. The molecule has 0 radical (unpaired) electrons. The average Bonchev–Trinajstić information content (AvgIpc) is 2.54. The van der Waals surface area contributed by atoms with Crippen molar-refractivity contribution in [3.63, 3.8) is 0 Å². The maximum atomic E-state index is 5.80. The SMILES string of the molecule is CCNC(C)c1ccc(OCc2ccc(OC)cc2)cc1. The van der Waals surface area contributed by atoms with Gasteiger partial charge < -0.3 is 14.8 Å². The molecular formula is C18H23NO2. The Bertz CT molecular complexity index is 534. The fourth-order valence-electron chi connectivity index (χ4n) is 2.17. The predicted molar refractivity (Wildman–Crippen MR) is 85.9 cm³/mol. The summed E-state index contributed by atoms with van der Waals surface area (Å²) in [5.41, 5.74) is 2.40. The van der Waals surface area contributed by atoms with Crippen molar-refractivity contribution in [1.82, 2.24) is 5.32 Å². The first kappa shape index (κ1) is 15.4. The molecule has 0 fully saturated rings. The molecule has 2 rings (SSSR count). The summed E-state index contributed by atoms with van der Waals surface area (Å²) in [5.74, 6) is 1.75. The lowest BCUT2D eigenvalue weighted by molar-refractivity contribution is 0.306. The molecule has 0 bridgehead atoms. The van der Waals surface area contributed by atoms with Crippen molar-refractivity contribution in [3.05, 3.63) is 59.7 Å². The van der Waals surface area contributed by atoms with Crippen LogP contribution in [0.5, 0.6) is 11.5 Å². The Morgan fingerprint density at radius 2 is 1.57 bits per heavy atom. The smallest absolute Gasteiger partial charge is 0.119 e. The molecule has 0 aliphatic rings. The van der Waals surface area contributed by atoms with Crippen molar-refractivity contribution < 1.29 is 9.47 Å². The first-order valence-corrected chi connectivity index (χ1v) is 7.32. The van der Waals surface area contributed by atoms with Gasteiger partial charge in [0.25, 0.3) is 0 Å². The molecule has 0 aliphatic carbocycles. The second-order valence-corrected chi connectivity index (χ2v) is 4.99. The van der Waals surface area contributed by atoms with Crippen molar-refractivity contribution in [2.75, 3.05) is 13.7 Å². The van der Waals surface area contributed by atoms with Crippen LogP contribution in [0.1, 0.15) is 31.0 Å². The Labute approximate surface area is 126 Å². The molecule has 1 N–H and O–H groups in total. The van der Waals surface area contributed by atoms with Gasteiger partial charge >= 0.3 is 0 Å². The molecule has 0 aliphatic heterocycles. The summed E-state index contributed by atoms with van der Waals surface area (Å²) in [5, 5.41) is 3.40. The van der Waals surface area contributed by atoms with E-state index in [0.29, 0.717) is 12.6 Å². The highest BCUT2D eigenvalue weighted by Crippen LogP contribution is 2.19. The van der Waals surface area contributed by atoms with Gasteiger partial charge in [-0.3, -0.25) is 0 Å². The molecule has 0 aromatic heterocycles. The normalized spacial score (nSPS) is 12.0. The third-order valence-corrected chi connectivity index (χ3v) is 3.45. The van der Waals surface area contributed by atoms with E-state index in [9.17, 15) is 0 Å². The highest BCUT2D eigenvalue weighted by molar-refractivity contribution is 5.30. The molecule has 1 unspecified atom stereocenters. The van der Waals surface area contributed by atoms with E-state index in [1.54, 1.807) is 7.11 Å². The lowest BCUT2D eigenvalue weighted by Gasteiger charge is -2.13. The van der Waals surface area contributed by atoms with Crippen molar-refractivity contribution in [1.29, 1.82) is 0 Å². The van der Waals surface area contributed by atoms with E-state index in [1.807, 2.05) is 36.4 Å². The maximum absolute atomic E-state index is 5.80. The standard InChI is InChI=1S/C18H23NO2/c1-4-19-14(2)16-7-11-18(12-8-16)21-13-15-5-9-17(20-3)10-6-15/h5-12,14,19H,4,13H2,1-3H3. The first-order chi connectivity index (χ1) is 10.2. The highest BCUT2D eigenvalue weighted by Gasteiger charge is 2.03. The zero-order chi connectivity index (χ0) is 15.1. The van der Waals surface area contributed by atoms with E-state index in [0.717, 1.165) is 23.6 Å². The van der Waals surface area contributed by atoms with Crippen LogP contribution in [0.25, 0.3) is 0 Å². The van der Waals surface area contributed by atoms with Gasteiger partial charge in [-0.2, -0.15) is 0 Å². The Morgan fingerprint density at radius 1 is 0.952 bits per heavy atom. The molecule has 1 atom stereocenters. The molecule has 0 heterocycles. The van der Waals surface area contributed by atoms with E-state index in [2.05, 4.69) is 31.3 Å². The topological polar surface area (TPSA) is 30.5 Å². The van der Waals surface area contributed by atoms with Crippen molar-refractivity contribution in [2.24, 2.45) is 0 Å². The zero-order valence-electron chi connectivity index (χ0n) is 12.9. The van der Waals surface area contributed by atoms with Crippen molar-refractivity contribution >= 4 is 0 Å². The van der Waals surface area contributed by atoms with E-state index in [1.165, 1.54) is 5.56 Å². The average molecular weight is 285 g/mol. The zero-order valence-corrected chi connectivity index (χ0v) is 12.9. The van der Waals surface area contributed by atoms with Gasteiger partial charge in [-0.05, 0) is 48.9 Å². The third-order valence-electron chi connectivity index (χ3n) is 3.45. The van der Waals surface area contributed by atoms with Gasteiger partial charge in [-0.25, -0.2) is 0 Å². The molecule has 112 valence electrons. The molecule has 0 saturated heterocycles. The molecule has 3 nitrogen and oxygen atoms in total. The Kier molecular flexibility index (Phi) is 5.64. The van der Waals surface area contributed by atoms with E-state index >= 15 is 0 Å². The monoisotopic (exact) mass is 285 g/mol. The molecule has 0 saturated carbocycles. The first-order valence-electron chi connectivity index (χ1n) is 7.32. The van der Waals surface area contributed by atoms with Crippen LogP contribution in [-0.4, -0.2) is 13.7 Å². The van der Waals surface area contributed by atoms with E-state index in [4.69, 9.17) is 9.47 Å². The van der Waals surface area contributed by atoms with Crippen LogP contribution in [0.15, 0.2) is 48.5 Å². The molecule has 21 heavy (non-hydrogen) atoms. The van der Waals surface area contributed by atoms with Gasteiger partial charge in [0.15, 0.2) is 0 Å². The Hall–Kier alpha value is -2.00. The number of ether oxygens (including phenoxy) is 2. The van der Waals surface area contributed by atoms with Crippen molar-refractivity contribution in [3.8, 4) is 11.5 Å². The number of methoxy groups -OCH3 is 1.